The summed E-state index contributed by atoms with van der Waals surface area (Å²) in [4.78, 5) is 28.7. The molecule has 2 aliphatic rings. The number of thiophene rings is 1. The molecular weight excluding hydrogens is 368 g/mol. The molecule has 1 aliphatic heterocycles. The van der Waals surface area contributed by atoms with Gasteiger partial charge in [-0.05, 0) is 35.9 Å². The summed E-state index contributed by atoms with van der Waals surface area (Å²) < 4.78 is 0. The molecule has 1 N–H and O–H groups in total. The second-order valence-electron chi connectivity index (χ2n) is 7.71. The molecule has 2 heterocycles. The summed E-state index contributed by atoms with van der Waals surface area (Å²) in [6, 6.07) is 14.2. The van der Waals surface area contributed by atoms with Gasteiger partial charge in [0.2, 0.25) is 5.91 Å². The molecule has 4 nitrogen and oxygen atoms in total. The average molecular weight is 395 g/mol. The highest BCUT2D eigenvalue weighted by molar-refractivity contribution is 7.09. The fraction of sp³-hybridized carbons (Fsp3) is 0.391. The van der Waals surface area contributed by atoms with Crippen molar-refractivity contribution in [3.8, 4) is 0 Å². The van der Waals surface area contributed by atoms with Crippen LogP contribution in [-0.4, -0.2) is 28.3 Å². The number of benzene rings is 1. The van der Waals surface area contributed by atoms with Crippen molar-refractivity contribution in [2.45, 2.75) is 56.7 Å². The Balaban J connectivity index is 1.59. The first-order valence-electron chi connectivity index (χ1n) is 10.1. The van der Waals surface area contributed by atoms with Gasteiger partial charge in [0.25, 0.3) is 5.91 Å². The molecule has 2 fully saturated rings. The SMILES string of the molecule is O=C1C[C@@](/C=C/c2ccccc2)(C(=O)NC2CCCCC2)N1Cc1cccs1. The fourth-order valence-corrected chi connectivity index (χ4v) is 4.82. The molecule has 28 heavy (non-hydrogen) atoms. The molecule has 1 atom stereocenters. The van der Waals surface area contributed by atoms with Crippen LogP contribution in [0.2, 0.25) is 0 Å². The Labute approximate surface area is 170 Å². The van der Waals surface area contributed by atoms with Crippen LogP contribution in [0.15, 0.2) is 53.9 Å². The lowest BCUT2D eigenvalue weighted by atomic mass is 9.81. The first-order chi connectivity index (χ1) is 13.7. The highest BCUT2D eigenvalue weighted by atomic mass is 32.1. The number of amides is 2. The number of nitrogens with one attached hydrogen (secondary N) is 1. The van der Waals surface area contributed by atoms with Gasteiger partial charge in [-0.2, -0.15) is 0 Å². The number of carbonyl (C=O) groups is 2. The zero-order chi connectivity index (χ0) is 19.4. The van der Waals surface area contributed by atoms with Crippen LogP contribution in [0, 0.1) is 0 Å². The van der Waals surface area contributed by atoms with E-state index in [0.717, 1.165) is 36.1 Å². The standard InChI is InChI=1S/C23H26N2O2S/c26-21-16-23(14-13-18-8-3-1-4-9-18,25(21)17-20-12-7-15-28-20)22(27)24-19-10-5-2-6-11-19/h1,3-4,7-9,12-15,19H,2,5-6,10-11,16-17H2,(H,24,27)/b14-13+/t23-/m0/s1. The van der Waals surface area contributed by atoms with E-state index >= 15 is 0 Å². The molecule has 1 aliphatic carbocycles. The summed E-state index contributed by atoms with van der Waals surface area (Å²) in [6.45, 7) is 0.480. The van der Waals surface area contributed by atoms with Gasteiger partial charge in [-0.15, -0.1) is 11.3 Å². The minimum Gasteiger partial charge on any atom is -0.351 e. The maximum absolute atomic E-state index is 13.4. The lowest BCUT2D eigenvalue weighted by molar-refractivity contribution is -0.162. The fourth-order valence-electron chi connectivity index (χ4n) is 4.12. The van der Waals surface area contributed by atoms with Crippen LogP contribution in [0.5, 0.6) is 0 Å². The molecule has 4 rings (SSSR count). The summed E-state index contributed by atoms with van der Waals surface area (Å²) >= 11 is 1.62. The predicted molar refractivity (Wildman–Crippen MR) is 113 cm³/mol. The van der Waals surface area contributed by atoms with Crippen molar-refractivity contribution in [3.05, 3.63) is 64.4 Å². The first kappa shape index (κ1) is 18.9. The van der Waals surface area contributed by atoms with E-state index in [1.165, 1.54) is 6.42 Å². The van der Waals surface area contributed by atoms with E-state index in [1.54, 1.807) is 16.2 Å². The van der Waals surface area contributed by atoms with Gasteiger partial charge in [0, 0.05) is 10.9 Å². The van der Waals surface area contributed by atoms with Crippen molar-refractivity contribution in [2.75, 3.05) is 0 Å². The summed E-state index contributed by atoms with van der Waals surface area (Å²) in [7, 11) is 0. The molecule has 146 valence electrons. The van der Waals surface area contributed by atoms with Gasteiger partial charge in [0.15, 0.2) is 0 Å². The third-order valence-electron chi connectivity index (χ3n) is 5.78. The van der Waals surface area contributed by atoms with E-state index < -0.39 is 5.54 Å². The Morgan fingerprint density at radius 2 is 1.93 bits per heavy atom. The molecule has 0 bridgehead atoms. The van der Waals surface area contributed by atoms with Gasteiger partial charge in [-0.1, -0.05) is 61.7 Å². The molecule has 2 aromatic rings. The van der Waals surface area contributed by atoms with Crippen LogP contribution in [0.25, 0.3) is 6.08 Å². The zero-order valence-corrected chi connectivity index (χ0v) is 16.8. The summed E-state index contributed by atoms with van der Waals surface area (Å²) in [5, 5.41) is 5.25. The Bertz CT molecular complexity index is 841. The Morgan fingerprint density at radius 3 is 2.61 bits per heavy atom. The number of carbonyl (C=O) groups excluding carboxylic acids is 2. The number of rotatable bonds is 6. The maximum Gasteiger partial charge on any atom is 0.250 e. The number of hydrogen-bond donors (Lipinski definition) is 1. The van der Waals surface area contributed by atoms with Crippen molar-refractivity contribution in [2.24, 2.45) is 0 Å². The molecule has 1 aromatic carbocycles. The Kier molecular flexibility index (Phi) is 5.62. The highest BCUT2D eigenvalue weighted by Gasteiger charge is 2.55. The van der Waals surface area contributed by atoms with Crippen LogP contribution < -0.4 is 5.32 Å². The van der Waals surface area contributed by atoms with Gasteiger partial charge in [-0.3, -0.25) is 9.59 Å². The van der Waals surface area contributed by atoms with E-state index in [1.807, 2.05) is 60.0 Å². The van der Waals surface area contributed by atoms with Gasteiger partial charge in [-0.25, -0.2) is 0 Å². The van der Waals surface area contributed by atoms with Crippen molar-refractivity contribution in [3.63, 3.8) is 0 Å². The lowest BCUT2D eigenvalue weighted by Gasteiger charge is -2.49. The highest BCUT2D eigenvalue weighted by Crippen LogP contribution is 2.37. The predicted octanol–water partition coefficient (Wildman–Crippen LogP) is 4.38. The number of hydrogen-bond acceptors (Lipinski definition) is 3. The minimum absolute atomic E-state index is 0.0323. The van der Waals surface area contributed by atoms with Crippen LogP contribution in [0.3, 0.4) is 0 Å². The normalized spacial score (nSPS) is 23.0. The second-order valence-corrected chi connectivity index (χ2v) is 8.74. The van der Waals surface area contributed by atoms with Crippen molar-refractivity contribution >= 4 is 29.2 Å². The third-order valence-corrected chi connectivity index (χ3v) is 6.64. The van der Waals surface area contributed by atoms with Gasteiger partial charge >= 0.3 is 0 Å². The first-order valence-corrected chi connectivity index (χ1v) is 10.9. The third kappa shape index (κ3) is 3.90. The van der Waals surface area contributed by atoms with Crippen molar-refractivity contribution in [1.29, 1.82) is 0 Å². The summed E-state index contributed by atoms with van der Waals surface area (Å²) in [5.41, 5.74) is 0.136. The van der Waals surface area contributed by atoms with Crippen LogP contribution in [-0.2, 0) is 16.1 Å². The zero-order valence-electron chi connectivity index (χ0n) is 16.0. The van der Waals surface area contributed by atoms with Gasteiger partial charge in [0.05, 0.1) is 13.0 Å². The largest absolute Gasteiger partial charge is 0.351 e. The molecule has 0 spiro atoms. The van der Waals surface area contributed by atoms with E-state index in [0.29, 0.717) is 6.54 Å². The molecule has 1 saturated heterocycles. The van der Waals surface area contributed by atoms with E-state index in [2.05, 4.69) is 5.32 Å². The Morgan fingerprint density at radius 1 is 1.14 bits per heavy atom. The number of likely N-dealkylation sites (tertiary alicyclic amines) is 1. The Hall–Kier alpha value is -2.40. The smallest absolute Gasteiger partial charge is 0.250 e. The van der Waals surface area contributed by atoms with E-state index in [-0.39, 0.29) is 24.3 Å². The van der Waals surface area contributed by atoms with Gasteiger partial charge in [0.1, 0.15) is 5.54 Å². The van der Waals surface area contributed by atoms with E-state index in [9.17, 15) is 9.59 Å². The van der Waals surface area contributed by atoms with Crippen molar-refractivity contribution < 1.29 is 9.59 Å². The van der Waals surface area contributed by atoms with Crippen LogP contribution in [0.4, 0.5) is 0 Å². The van der Waals surface area contributed by atoms with E-state index in [4.69, 9.17) is 0 Å². The molecule has 1 aromatic heterocycles. The average Bonchev–Trinajstić information content (AvgIpc) is 3.24. The second kappa shape index (κ2) is 8.31. The monoisotopic (exact) mass is 394 g/mol. The van der Waals surface area contributed by atoms with Crippen molar-refractivity contribution in [1.82, 2.24) is 10.2 Å². The quantitative estimate of drug-likeness (QED) is 0.739. The molecule has 0 radical (unpaired) electrons. The topological polar surface area (TPSA) is 49.4 Å². The van der Waals surface area contributed by atoms with Gasteiger partial charge < -0.3 is 10.2 Å². The lowest BCUT2D eigenvalue weighted by Crippen LogP contribution is -2.69. The van der Waals surface area contributed by atoms with Crippen LogP contribution in [0.1, 0.15) is 49.0 Å². The number of β-lactam (4-membered cyclic amide) rings is 1. The number of nitrogens with zero attached hydrogens (tertiary/aromatic N) is 1. The molecule has 0 unspecified atom stereocenters. The van der Waals surface area contributed by atoms with Crippen LogP contribution >= 0.6 is 11.3 Å². The molecule has 1 saturated carbocycles. The summed E-state index contributed by atoms with van der Waals surface area (Å²) in [5.74, 6) is -0.00681. The maximum atomic E-state index is 13.4. The molecular formula is C23H26N2O2S. The summed E-state index contributed by atoms with van der Waals surface area (Å²) in [6.07, 6.45) is 9.76. The molecule has 2 amide bonds. The molecule has 5 heteroatoms. The minimum atomic E-state index is -0.894.